The topological polar surface area (TPSA) is 23.5 Å². The monoisotopic (exact) mass is 219 g/mol. The van der Waals surface area contributed by atoms with Crippen molar-refractivity contribution in [1.82, 2.24) is 4.90 Å². The number of phenolic OH excluding ortho intramolecular Hbond substituents is 1. The van der Waals surface area contributed by atoms with Crippen LogP contribution in [0.2, 0.25) is 0 Å². The molecule has 1 fully saturated rings. The minimum atomic E-state index is 0.186. The minimum absolute atomic E-state index is 0.186. The molecule has 2 rings (SSSR count). The van der Waals surface area contributed by atoms with Gasteiger partial charge in [0, 0.05) is 5.54 Å². The number of rotatable bonds is 2. The van der Waals surface area contributed by atoms with Crippen molar-refractivity contribution in [1.29, 1.82) is 0 Å². The van der Waals surface area contributed by atoms with Gasteiger partial charge in [-0.15, -0.1) is 0 Å². The summed E-state index contributed by atoms with van der Waals surface area (Å²) >= 11 is 0. The highest BCUT2D eigenvalue weighted by Crippen LogP contribution is 2.41. The highest BCUT2D eigenvalue weighted by molar-refractivity contribution is 5.31. The second-order valence-corrected chi connectivity index (χ2v) is 5.03. The molecule has 0 atom stereocenters. The van der Waals surface area contributed by atoms with Crippen LogP contribution in [0.4, 0.5) is 0 Å². The molecule has 1 aromatic carbocycles. The van der Waals surface area contributed by atoms with Crippen LogP contribution in [-0.4, -0.2) is 24.1 Å². The normalized spacial score (nSPS) is 19.9. The molecule has 88 valence electrons. The molecule has 0 saturated heterocycles. The van der Waals surface area contributed by atoms with E-state index in [9.17, 15) is 5.11 Å². The fraction of sp³-hybridized carbons (Fsp3) is 0.571. The maximum Gasteiger partial charge on any atom is 0.115 e. The van der Waals surface area contributed by atoms with Crippen LogP contribution >= 0.6 is 0 Å². The summed E-state index contributed by atoms with van der Waals surface area (Å²) in [6, 6.07) is 7.74. The largest absolute Gasteiger partial charge is 0.508 e. The lowest BCUT2D eigenvalue weighted by Gasteiger charge is -2.43. The van der Waals surface area contributed by atoms with E-state index in [0.717, 1.165) is 0 Å². The van der Waals surface area contributed by atoms with E-state index >= 15 is 0 Å². The van der Waals surface area contributed by atoms with Gasteiger partial charge in [0.05, 0.1) is 0 Å². The van der Waals surface area contributed by atoms with E-state index in [2.05, 4.69) is 31.1 Å². The summed E-state index contributed by atoms with van der Waals surface area (Å²) in [6.07, 6.45) is 6.42. The molecule has 1 aromatic rings. The van der Waals surface area contributed by atoms with Crippen molar-refractivity contribution in [3.8, 4) is 5.75 Å². The van der Waals surface area contributed by atoms with Crippen molar-refractivity contribution in [2.45, 2.75) is 37.6 Å². The summed E-state index contributed by atoms with van der Waals surface area (Å²) in [6.45, 7) is 0. The lowest BCUT2D eigenvalue weighted by Crippen LogP contribution is -2.42. The molecule has 0 bridgehead atoms. The van der Waals surface area contributed by atoms with Gasteiger partial charge in [-0.25, -0.2) is 0 Å². The maximum absolute atomic E-state index is 9.36. The zero-order chi connectivity index (χ0) is 11.6. The molecular formula is C14H21NO. The van der Waals surface area contributed by atoms with Gasteiger partial charge in [0.1, 0.15) is 5.75 Å². The number of hydrogen-bond acceptors (Lipinski definition) is 2. The number of benzene rings is 1. The third-order valence-electron chi connectivity index (χ3n) is 3.94. The molecule has 1 N–H and O–H groups in total. The van der Waals surface area contributed by atoms with Crippen LogP contribution in [0.5, 0.6) is 5.75 Å². The molecule has 0 spiro atoms. The van der Waals surface area contributed by atoms with Crippen LogP contribution in [-0.2, 0) is 5.54 Å². The summed E-state index contributed by atoms with van der Waals surface area (Å²) in [5.74, 6) is 0.355. The van der Waals surface area contributed by atoms with E-state index in [-0.39, 0.29) is 5.54 Å². The lowest BCUT2D eigenvalue weighted by molar-refractivity contribution is 0.0988. The highest BCUT2D eigenvalue weighted by atomic mass is 16.3. The lowest BCUT2D eigenvalue weighted by atomic mass is 9.76. The van der Waals surface area contributed by atoms with Crippen LogP contribution in [0, 0.1) is 0 Å². The van der Waals surface area contributed by atoms with Gasteiger partial charge in [0.25, 0.3) is 0 Å². The molecule has 0 aromatic heterocycles. The predicted molar refractivity (Wildman–Crippen MR) is 66.6 cm³/mol. The molecule has 0 amide bonds. The quantitative estimate of drug-likeness (QED) is 0.826. The van der Waals surface area contributed by atoms with E-state index in [1.807, 2.05) is 0 Å². The van der Waals surface area contributed by atoms with Gasteiger partial charge in [0.15, 0.2) is 0 Å². The Balaban J connectivity index is 2.34. The molecule has 2 nitrogen and oxygen atoms in total. The number of aromatic hydroxyl groups is 1. The van der Waals surface area contributed by atoms with Gasteiger partial charge in [0.2, 0.25) is 0 Å². The van der Waals surface area contributed by atoms with Crippen molar-refractivity contribution in [3.63, 3.8) is 0 Å². The smallest absolute Gasteiger partial charge is 0.115 e. The molecule has 0 unspecified atom stereocenters. The van der Waals surface area contributed by atoms with Gasteiger partial charge < -0.3 is 5.11 Å². The van der Waals surface area contributed by atoms with Crippen molar-refractivity contribution in [3.05, 3.63) is 29.8 Å². The highest BCUT2D eigenvalue weighted by Gasteiger charge is 2.35. The zero-order valence-corrected chi connectivity index (χ0v) is 10.2. The van der Waals surface area contributed by atoms with Gasteiger partial charge in [-0.2, -0.15) is 0 Å². The van der Waals surface area contributed by atoms with Crippen molar-refractivity contribution in [2.24, 2.45) is 0 Å². The standard InChI is InChI=1S/C14H21NO/c1-15(2)14(10-4-3-5-11-14)12-6-8-13(16)9-7-12/h6-9,16H,3-5,10-11H2,1-2H3. The molecule has 1 aliphatic carbocycles. The minimum Gasteiger partial charge on any atom is -0.508 e. The third kappa shape index (κ3) is 1.94. The molecule has 1 aliphatic rings. The van der Waals surface area contributed by atoms with E-state index in [1.165, 1.54) is 37.7 Å². The second kappa shape index (κ2) is 4.46. The Morgan fingerprint density at radius 3 is 2.06 bits per heavy atom. The summed E-state index contributed by atoms with van der Waals surface area (Å²) < 4.78 is 0. The van der Waals surface area contributed by atoms with Crippen molar-refractivity contribution in [2.75, 3.05) is 14.1 Å². The fourth-order valence-corrected chi connectivity index (χ4v) is 2.90. The van der Waals surface area contributed by atoms with Gasteiger partial charge in [-0.1, -0.05) is 31.4 Å². The Hall–Kier alpha value is -1.02. The molecule has 0 radical (unpaired) electrons. The number of nitrogens with zero attached hydrogens (tertiary/aromatic N) is 1. The van der Waals surface area contributed by atoms with Crippen molar-refractivity contribution < 1.29 is 5.11 Å². The zero-order valence-electron chi connectivity index (χ0n) is 10.2. The van der Waals surface area contributed by atoms with E-state index in [1.54, 1.807) is 12.1 Å². The molecule has 0 aliphatic heterocycles. The van der Waals surface area contributed by atoms with Gasteiger partial charge in [-0.3, -0.25) is 4.90 Å². The Morgan fingerprint density at radius 1 is 1.00 bits per heavy atom. The Kier molecular flexibility index (Phi) is 3.20. The Bertz CT molecular complexity index is 336. The summed E-state index contributed by atoms with van der Waals surface area (Å²) in [4.78, 5) is 2.35. The summed E-state index contributed by atoms with van der Waals surface area (Å²) in [5.41, 5.74) is 1.53. The first-order valence-electron chi connectivity index (χ1n) is 6.12. The van der Waals surface area contributed by atoms with Crippen LogP contribution in [0.1, 0.15) is 37.7 Å². The van der Waals surface area contributed by atoms with Gasteiger partial charge >= 0.3 is 0 Å². The molecule has 16 heavy (non-hydrogen) atoms. The van der Waals surface area contributed by atoms with E-state index < -0.39 is 0 Å². The summed E-state index contributed by atoms with van der Waals surface area (Å²) in [5, 5.41) is 9.36. The molecule has 1 saturated carbocycles. The molecule has 0 heterocycles. The Morgan fingerprint density at radius 2 is 1.56 bits per heavy atom. The second-order valence-electron chi connectivity index (χ2n) is 5.03. The number of hydrogen-bond donors (Lipinski definition) is 1. The third-order valence-corrected chi connectivity index (χ3v) is 3.94. The van der Waals surface area contributed by atoms with E-state index in [4.69, 9.17) is 0 Å². The maximum atomic E-state index is 9.36. The summed E-state index contributed by atoms with van der Waals surface area (Å²) in [7, 11) is 4.33. The van der Waals surface area contributed by atoms with Crippen molar-refractivity contribution >= 4 is 0 Å². The Labute approximate surface area is 97.9 Å². The van der Waals surface area contributed by atoms with Crippen LogP contribution < -0.4 is 0 Å². The molecule has 2 heteroatoms. The number of phenols is 1. The molecular weight excluding hydrogens is 198 g/mol. The predicted octanol–water partition coefficient (Wildman–Crippen LogP) is 3.11. The SMILES string of the molecule is CN(C)C1(c2ccc(O)cc2)CCCCC1. The van der Waals surface area contributed by atoms with E-state index in [0.29, 0.717) is 5.75 Å². The average Bonchev–Trinajstić information content (AvgIpc) is 2.30. The first kappa shape index (κ1) is 11.5. The average molecular weight is 219 g/mol. The first-order chi connectivity index (χ1) is 7.65. The van der Waals surface area contributed by atoms with Gasteiger partial charge in [-0.05, 0) is 44.6 Å². The van der Waals surface area contributed by atoms with Crippen LogP contribution in [0.25, 0.3) is 0 Å². The van der Waals surface area contributed by atoms with Crippen LogP contribution in [0.3, 0.4) is 0 Å². The first-order valence-corrected chi connectivity index (χ1v) is 6.12. The fourth-order valence-electron chi connectivity index (χ4n) is 2.90. The van der Waals surface area contributed by atoms with Crippen LogP contribution in [0.15, 0.2) is 24.3 Å².